The molecule has 4 aromatic rings. The Morgan fingerprint density at radius 1 is 1.14 bits per heavy atom. The molecule has 0 saturated carbocycles. The first-order valence-corrected chi connectivity index (χ1v) is 12.7. The summed E-state index contributed by atoms with van der Waals surface area (Å²) in [7, 11) is 0. The van der Waals surface area contributed by atoms with Gasteiger partial charge < -0.3 is 19.8 Å². The number of pyridine rings is 1. The van der Waals surface area contributed by atoms with Gasteiger partial charge in [-0.3, -0.25) is 4.68 Å². The van der Waals surface area contributed by atoms with Crippen molar-refractivity contribution in [1.82, 2.24) is 19.7 Å². The summed E-state index contributed by atoms with van der Waals surface area (Å²) in [4.78, 5) is 6.92. The van der Waals surface area contributed by atoms with Crippen LogP contribution in [0.4, 0.5) is 5.82 Å². The maximum absolute atomic E-state index is 6.22. The molecule has 35 heavy (non-hydrogen) atoms. The van der Waals surface area contributed by atoms with Crippen LogP contribution in [0, 0.1) is 5.92 Å². The number of hydrogen-bond acceptors (Lipinski definition) is 6. The highest BCUT2D eigenvalue weighted by Crippen LogP contribution is 2.37. The van der Waals surface area contributed by atoms with Crippen molar-refractivity contribution in [2.24, 2.45) is 5.92 Å². The van der Waals surface area contributed by atoms with Crippen molar-refractivity contribution in [1.29, 1.82) is 0 Å². The molecule has 2 N–H and O–H groups in total. The van der Waals surface area contributed by atoms with Crippen molar-refractivity contribution in [3.63, 3.8) is 0 Å². The third kappa shape index (κ3) is 5.05. The van der Waals surface area contributed by atoms with Gasteiger partial charge in [0.05, 0.1) is 18.8 Å². The van der Waals surface area contributed by atoms with Crippen molar-refractivity contribution in [3.05, 3.63) is 48.9 Å². The Hall–Kier alpha value is -3.32. The fourth-order valence-corrected chi connectivity index (χ4v) is 4.74. The third-order valence-corrected chi connectivity index (χ3v) is 6.96. The molecule has 1 saturated heterocycles. The lowest BCUT2D eigenvalue weighted by molar-refractivity contribution is 0.187. The van der Waals surface area contributed by atoms with Crippen molar-refractivity contribution < 1.29 is 9.15 Å². The lowest BCUT2D eigenvalue weighted by Gasteiger charge is -2.31. The molecule has 1 fully saturated rings. The lowest BCUT2D eigenvalue weighted by atomic mass is 10.0. The average molecular weight is 474 g/mol. The van der Waals surface area contributed by atoms with Crippen LogP contribution < -0.4 is 10.5 Å². The molecular formula is C28H35N5O2. The molecule has 0 aliphatic carbocycles. The van der Waals surface area contributed by atoms with Crippen LogP contribution in [0.3, 0.4) is 0 Å². The molecule has 1 aliphatic heterocycles. The number of ether oxygens (including phenoxy) is 1. The highest BCUT2D eigenvalue weighted by Gasteiger charge is 2.21. The molecule has 0 radical (unpaired) electrons. The maximum atomic E-state index is 6.22. The molecule has 4 heterocycles. The van der Waals surface area contributed by atoms with E-state index >= 15 is 0 Å². The zero-order chi connectivity index (χ0) is 24.4. The van der Waals surface area contributed by atoms with Gasteiger partial charge in [-0.15, -0.1) is 0 Å². The average Bonchev–Trinajstić information content (AvgIpc) is 3.53. The van der Waals surface area contributed by atoms with Gasteiger partial charge in [-0.1, -0.05) is 32.9 Å². The number of aromatic nitrogens is 3. The van der Waals surface area contributed by atoms with Crippen LogP contribution in [0.25, 0.3) is 33.4 Å². The summed E-state index contributed by atoms with van der Waals surface area (Å²) >= 11 is 0. The molecule has 1 aromatic carbocycles. The Morgan fingerprint density at radius 2 is 1.97 bits per heavy atom. The summed E-state index contributed by atoms with van der Waals surface area (Å²) in [6.07, 6.45) is 9.14. The van der Waals surface area contributed by atoms with Gasteiger partial charge in [0.15, 0.2) is 11.4 Å². The number of furan rings is 1. The minimum atomic E-state index is 0.388. The fourth-order valence-electron chi connectivity index (χ4n) is 4.74. The summed E-state index contributed by atoms with van der Waals surface area (Å²) in [5, 5.41) is 5.65. The van der Waals surface area contributed by atoms with Crippen LogP contribution >= 0.6 is 0 Å². The first-order valence-electron chi connectivity index (χ1n) is 12.7. The number of rotatable bonds is 8. The number of piperidine rings is 1. The zero-order valence-electron chi connectivity index (χ0n) is 20.9. The molecular weight excluding hydrogens is 438 g/mol. The molecule has 0 atom stereocenters. The highest BCUT2D eigenvalue weighted by molar-refractivity contribution is 6.00. The van der Waals surface area contributed by atoms with Crippen LogP contribution in [0.2, 0.25) is 0 Å². The summed E-state index contributed by atoms with van der Waals surface area (Å²) in [6, 6.07) is 10.5. The Balaban J connectivity index is 1.42. The van der Waals surface area contributed by atoms with Crippen LogP contribution in [-0.2, 0) is 0 Å². The van der Waals surface area contributed by atoms with Crippen molar-refractivity contribution in [3.8, 4) is 28.2 Å². The van der Waals surface area contributed by atoms with E-state index in [0.29, 0.717) is 30.0 Å². The molecule has 7 heteroatoms. The van der Waals surface area contributed by atoms with Crippen LogP contribution in [0.15, 0.2) is 53.3 Å². The minimum absolute atomic E-state index is 0.388. The van der Waals surface area contributed by atoms with E-state index in [1.54, 1.807) is 0 Å². The number of anilines is 1. The van der Waals surface area contributed by atoms with E-state index in [1.165, 1.54) is 0 Å². The second-order valence-corrected chi connectivity index (χ2v) is 9.84. The number of nitrogen functional groups attached to an aromatic ring is 1. The van der Waals surface area contributed by atoms with Crippen molar-refractivity contribution in [2.45, 2.75) is 46.1 Å². The van der Waals surface area contributed by atoms with Crippen LogP contribution in [0.5, 0.6) is 5.75 Å². The monoisotopic (exact) mass is 473 g/mol. The van der Waals surface area contributed by atoms with E-state index in [1.807, 2.05) is 42.7 Å². The van der Waals surface area contributed by atoms with E-state index in [-0.39, 0.29) is 0 Å². The van der Waals surface area contributed by atoms with Gasteiger partial charge in [-0.25, -0.2) is 4.98 Å². The largest absolute Gasteiger partial charge is 0.494 e. The minimum Gasteiger partial charge on any atom is -0.494 e. The second kappa shape index (κ2) is 10.1. The van der Waals surface area contributed by atoms with Gasteiger partial charge in [0, 0.05) is 47.6 Å². The van der Waals surface area contributed by atoms with Crippen LogP contribution in [-0.4, -0.2) is 45.9 Å². The summed E-state index contributed by atoms with van der Waals surface area (Å²) < 4.78 is 14.3. The Kier molecular flexibility index (Phi) is 6.77. The molecule has 0 spiro atoms. The first-order chi connectivity index (χ1) is 17.0. The number of hydrogen-bond donors (Lipinski definition) is 1. The topological polar surface area (TPSA) is 82.3 Å². The van der Waals surface area contributed by atoms with Gasteiger partial charge in [-0.2, -0.15) is 5.10 Å². The maximum Gasteiger partial charge on any atom is 0.177 e. The lowest BCUT2D eigenvalue weighted by Crippen LogP contribution is -2.34. The SMILES string of the molecule is CCN1CCC(n2cc(-c3cnc(N)c4oc(-c5cccc(OCCC(C)C)c5)cc34)cn2)CC1. The van der Waals surface area contributed by atoms with Gasteiger partial charge in [0.25, 0.3) is 0 Å². The van der Waals surface area contributed by atoms with Gasteiger partial charge >= 0.3 is 0 Å². The summed E-state index contributed by atoms with van der Waals surface area (Å²) in [5.74, 6) is 2.58. The normalized spacial score (nSPS) is 15.3. The molecule has 1 aliphatic rings. The first kappa shape index (κ1) is 23.4. The molecule has 184 valence electrons. The zero-order valence-corrected chi connectivity index (χ0v) is 20.9. The van der Waals surface area contributed by atoms with Crippen molar-refractivity contribution in [2.75, 3.05) is 32.0 Å². The number of benzene rings is 1. The third-order valence-electron chi connectivity index (χ3n) is 6.96. The summed E-state index contributed by atoms with van der Waals surface area (Å²) in [5.41, 5.74) is 9.77. The number of likely N-dealkylation sites (tertiary alicyclic amines) is 1. The Labute approximate surface area is 206 Å². The predicted octanol–water partition coefficient (Wildman–Crippen LogP) is 6.02. The van der Waals surface area contributed by atoms with Crippen LogP contribution in [0.1, 0.15) is 46.1 Å². The van der Waals surface area contributed by atoms with Gasteiger partial charge in [-0.05, 0) is 49.9 Å². The van der Waals surface area contributed by atoms with Gasteiger partial charge in [0.1, 0.15) is 11.5 Å². The summed E-state index contributed by atoms with van der Waals surface area (Å²) in [6.45, 7) is 10.7. The Bertz CT molecular complexity index is 1280. The number of nitrogens with two attached hydrogens (primary N) is 1. The van der Waals surface area contributed by atoms with Gasteiger partial charge in [0.2, 0.25) is 0 Å². The molecule has 5 rings (SSSR count). The Morgan fingerprint density at radius 3 is 2.74 bits per heavy atom. The fraction of sp³-hybridized carbons (Fsp3) is 0.429. The predicted molar refractivity (Wildman–Crippen MR) is 140 cm³/mol. The number of nitrogens with zero attached hydrogens (tertiary/aromatic N) is 4. The van der Waals surface area contributed by atoms with E-state index in [0.717, 1.165) is 72.5 Å². The van der Waals surface area contributed by atoms with E-state index in [9.17, 15) is 0 Å². The number of fused-ring (bicyclic) bond motifs is 1. The molecule has 0 bridgehead atoms. The quantitative estimate of drug-likeness (QED) is 0.337. The molecule has 0 amide bonds. The standard InChI is InChI=1S/C28H35N5O2/c1-4-32-11-8-22(9-12-32)33-18-21(16-31-33)25-17-30-28(29)27-24(25)15-26(35-27)20-6-5-7-23(14-20)34-13-10-19(2)3/h5-7,14-19,22H,4,8-13H2,1-3H3,(H2,29,30). The van der Waals surface area contributed by atoms with E-state index in [2.05, 4.69) is 41.5 Å². The van der Waals surface area contributed by atoms with E-state index in [4.69, 9.17) is 20.0 Å². The smallest absolute Gasteiger partial charge is 0.177 e. The second-order valence-electron chi connectivity index (χ2n) is 9.84. The molecule has 3 aromatic heterocycles. The highest BCUT2D eigenvalue weighted by atomic mass is 16.5. The van der Waals surface area contributed by atoms with E-state index < -0.39 is 0 Å². The van der Waals surface area contributed by atoms with Crippen molar-refractivity contribution >= 4 is 16.8 Å². The molecule has 7 nitrogen and oxygen atoms in total. The molecule has 0 unspecified atom stereocenters.